The van der Waals surface area contributed by atoms with Gasteiger partial charge in [-0.2, -0.15) is 0 Å². The minimum absolute atomic E-state index is 0.000935. The molecule has 1 fully saturated rings. The zero-order valence-corrected chi connectivity index (χ0v) is 25.1. The summed E-state index contributed by atoms with van der Waals surface area (Å²) >= 11 is 0. The van der Waals surface area contributed by atoms with Crippen molar-refractivity contribution in [2.45, 2.75) is 167 Å². The lowest BCUT2D eigenvalue weighted by Gasteiger charge is -2.36. The molecule has 4 nitrogen and oxygen atoms in total. The smallest absolute Gasteiger partial charge is 0.192 e. The highest BCUT2D eigenvalue weighted by Gasteiger charge is 2.39. The van der Waals surface area contributed by atoms with Crippen LogP contribution >= 0.6 is 0 Å². The maximum atomic E-state index is 12.3. The van der Waals surface area contributed by atoms with Gasteiger partial charge in [-0.1, -0.05) is 104 Å². The third kappa shape index (κ3) is 14.7. The largest absolute Gasteiger partial charge is 0.414 e. The van der Waals surface area contributed by atoms with Crippen molar-refractivity contribution in [1.29, 1.82) is 0 Å². The molecule has 0 amide bonds. The van der Waals surface area contributed by atoms with Gasteiger partial charge in [0.05, 0.1) is 24.9 Å². The van der Waals surface area contributed by atoms with E-state index in [-0.39, 0.29) is 29.5 Å². The average Bonchev–Trinajstić information content (AvgIpc) is 3.26. The second-order valence-corrected chi connectivity index (χ2v) is 17.1. The molecule has 206 valence electrons. The van der Waals surface area contributed by atoms with Gasteiger partial charge in [0.25, 0.3) is 0 Å². The molecule has 0 aliphatic carbocycles. The molecule has 0 saturated carbocycles. The second kappa shape index (κ2) is 17.9. The number of hydrogen-bond acceptors (Lipinski definition) is 4. The number of rotatable bonds is 20. The molecule has 1 N–H and O–H groups in total. The monoisotopic (exact) mass is 510 g/mol. The van der Waals surface area contributed by atoms with Crippen molar-refractivity contribution in [3.8, 4) is 0 Å². The van der Waals surface area contributed by atoms with E-state index in [1.165, 1.54) is 70.6 Å². The number of carbonyl (C=O) groups is 1. The zero-order chi connectivity index (χ0) is 26.2. The lowest BCUT2D eigenvalue weighted by Crippen LogP contribution is -2.42. The Morgan fingerprint density at radius 3 is 2.06 bits per heavy atom. The van der Waals surface area contributed by atoms with Crippen molar-refractivity contribution in [2.75, 3.05) is 6.61 Å². The number of hydrogen-bond donors (Lipinski definition) is 1. The number of ketones is 1. The highest BCUT2D eigenvalue weighted by atomic mass is 28.4. The Balaban J connectivity index is 2.06. The molecule has 1 aliphatic rings. The summed E-state index contributed by atoms with van der Waals surface area (Å²) in [6, 6.07) is 0. The predicted molar refractivity (Wildman–Crippen MR) is 152 cm³/mol. The fraction of sp³-hybridized carbons (Fsp3) is 0.900. The Morgan fingerprint density at radius 1 is 0.971 bits per heavy atom. The Hall–Kier alpha value is -0.493. The van der Waals surface area contributed by atoms with Crippen LogP contribution in [-0.4, -0.2) is 44.1 Å². The van der Waals surface area contributed by atoms with Gasteiger partial charge in [-0.3, -0.25) is 4.79 Å². The van der Waals surface area contributed by atoms with Gasteiger partial charge in [-0.05, 0) is 49.9 Å². The molecule has 0 spiro atoms. The van der Waals surface area contributed by atoms with Crippen molar-refractivity contribution in [2.24, 2.45) is 0 Å². The first kappa shape index (κ1) is 32.5. The van der Waals surface area contributed by atoms with E-state index in [2.05, 4.69) is 40.8 Å². The summed E-state index contributed by atoms with van der Waals surface area (Å²) in [5.41, 5.74) is 0. The third-order valence-corrected chi connectivity index (χ3v) is 12.4. The van der Waals surface area contributed by atoms with Crippen molar-refractivity contribution < 1.29 is 19.1 Å². The highest BCUT2D eigenvalue weighted by molar-refractivity contribution is 6.74. The zero-order valence-electron chi connectivity index (χ0n) is 24.1. The van der Waals surface area contributed by atoms with E-state index < -0.39 is 14.4 Å². The summed E-state index contributed by atoms with van der Waals surface area (Å²) in [5, 5.41) is 10.7. The Bertz CT molecular complexity index is 581. The standard InChI is InChI=1S/C30H58O4Si/c1-7-8-9-10-11-12-13-14-15-16-17-18-19-20-21-26(31)24-28(32)29-23-22-27(34-29)25-33-35(5,6)30(2,3)4/h20-21,27-29,32H,7-19,22-25H2,1-6H3/b21-20-/t27-,28-,29-/m0/s1. The first-order valence-electron chi connectivity index (χ1n) is 14.7. The van der Waals surface area contributed by atoms with Gasteiger partial charge in [0, 0.05) is 6.42 Å². The number of ether oxygens (including phenoxy) is 1. The molecule has 0 unspecified atom stereocenters. The average molecular weight is 511 g/mol. The van der Waals surface area contributed by atoms with Gasteiger partial charge in [0.2, 0.25) is 0 Å². The van der Waals surface area contributed by atoms with Crippen LogP contribution in [0.15, 0.2) is 12.2 Å². The lowest BCUT2D eigenvalue weighted by molar-refractivity contribution is -0.119. The first-order chi connectivity index (χ1) is 16.6. The van der Waals surface area contributed by atoms with Gasteiger partial charge in [-0.15, -0.1) is 0 Å². The van der Waals surface area contributed by atoms with E-state index in [1.807, 2.05) is 6.08 Å². The summed E-state index contributed by atoms with van der Waals surface area (Å²) in [5.74, 6) is 0.000935. The van der Waals surface area contributed by atoms with E-state index in [0.29, 0.717) is 6.61 Å². The summed E-state index contributed by atoms with van der Waals surface area (Å²) in [6.07, 6.45) is 21.6. The normalized spacial score (nSPS) is 20.1. The van der Waals surface area contributed by atoms with Gasteiger partial charge < -0.3 is 14.3 Å². The van der Waals surface area contributed by atoms with Gasteiger partial charge in [0.15, 0.2) is 14.1 Å². The molecule has 3 atom stereocenters. The Morgan fingerprint density at radius 2 is 1.51 bits per heavy atom. The van der Waals surface area contributed by atoms with Crippen molar-refractivity contribution in [3.63, 3.8) is 0 Å². The minimum Gasteiger partial charge on any atom is -0.414 e. The highest BCUT2D eigenvalue weighted by Crippen LogP contribution is 2.37. The van der Waals surface area contributed by atoms with Gasteiger partial charge in [-0.25, -0.2) is 0 Å². The molecule has 0 bridgehead atoms. The fourth-order valence-corrected chi connectivity index (χ4v) is 5.42. The molecular weight excluding hydrogens is 452 g/mol. The maximum absolute atomic E-state index is 12.3. The van der Waals surface area contributed by atoms with E-state index in [0.717, 1.165) is 25.7 Å². The quantitative estimate of drug-likeness (QED) is 0.101. The summed E-state index contributed by atoms with van der Waals surface area (Å²) < 4.78 is 12.3. The van der Waals surface area contributed by atoms with Crippen LogP contribution in [0.25, 0.3) is 0 Å². The molecule has 1 aliphatic heterocycles. The molecule has 0 aromatic heterocycles. The number of aliphatic hydroxyl groups excluding tert-OH is 1. The first-order valence-corrected chi connectivity index (χ1v) is 17.6. The van der Waals surface area contributed by atoms with Crippen LogP contribution in [0.5, 0.6) is 0 Å². The van der Waals surface area contributed by atoms with Gasteiger partial charge >= 0.3 is 0 Å². The molecular formula is C30H58O4Si. The summed E-state index contributed by atoms with van der Waals surface area (Å²) in [7, 11) is -1.79. The molecule has 0 radical (unpaired) electrons. The SMILES string of the molecule is CCCCCCCCCCCCCC/C=C\C(=O)C[C@H](O)[C@@H]1CC[C@@H](CO[Si](C)(C)C(C)(C)C)O1. The molecule has 0 aromatic rings. The van der Waals surface area contributed by atoms with Crippen LogP contribution in [0.2, 0.25) is 18.1 Å². The molecule has 35 heavy (non-hydrogen) atoms. The molecule has 5 heteroatoms. The van der Waals surface area contributed by atoms with E-state index in [9.17, 15) is 9.90 Å². The van der Waals surface area contributed by atoms with Crippen LogP contribution in [0.4, 0.5) is 0 Å². The maximum Gasteiger partial charge on any atom is 0.192 e. The fourth-order valence-electron chi connectivity index (χ4n) is 4.38. The summed E-state index contributed by atoms with van der Waals surface area (Å²) in [4.78, 5) is 12.3. The molecule has 0 aromatic carbocycles. The van der Waals surface area contributed by atoms with E-state index in [4.69, 9.17) is 9.16 Å². The molecule has 1 heterocycles. The number of aliphatic hydroxyl groups is 1. The van der Waals surface area contributed by atoms with Crippen LogP contribution in [-0.2, 0) is 14.0 Å². The number of unbranched alkanes of at least 4 members (excludes halogenated alkanes) is 12. The number of carbonyl (C=O) groups excluding carboxylic acids is 1. The molecule has 1 rings (SSSR count). The van der Waals surface area contributed by atoms with Crippen LogP contribution < -0.4 is 0 Å². The Labute approximate surface area is 218 Å². The van der Waals surface area contributed by atoms with Gasteiger partial charge in [0.1, 0.15) is 0 Å². The second-order valence-electron chi connectivity index (χ2n) is 12.3. The van der Waals surface area contributed by atoms with E-state index >= 15 is 0 Å². The van der Waals surface area contributed by atoms with E-state index in [1.54, 1.807) is 6.08 Å². The third-order valence-electron chi connectivity index (χ3n) is 7.94. The Kier molecular flexibility index (Phi) is 16.6. The summed E-state index contributed by atoms with van der Waals surface area (Å²) in [6.45, 7) is 14.1. The lowest BCUT2D eigenvalue weighted by atomic mass is 10.0. The molecule has 1 saturated heterocycles. The van der Waals surface area contributed by atoms with Crippen molar-refractivity contribution in [3.05, 3.63) is 12.2 Å². The van der Waals surface area contributed by atoms with Crippen LogP contribution in [0, 0.1) is 0 Å². The van der Waals surface area contributed by atoms with Crippen molar-refractivity contribution in [1.82, 2.24) is 0 Å². The number of allylic oxidation sites excluding steroid dienone is 2. The predicted octanol–water partition coefficient (Wildman–Crippen LogP) is 8.52. The van der Waals surface area contributed by atoms with Crippen LogP contribution in [0.1, 0.15) is 130 Å². The topological polar surface area (TPSA) is 55.8 Å². The minimum atomic E-state index is -1.79. The van der Waals surface area contributed by atoms with Crippen LogP contribution in [0.3, 0.4) is 0 Å². The van der Waals surface area contributed by atoms with Crippen molar-refractivity contribution >= 4 is 14.1 Å².